The molecule has 0 unspecified atom stereocenters. The lowest BCUT2D eigenvalue weighted by Crippen LogP contribution is -2.34. The van der Waals surface area contributed by atoms with Crippen LogP contribution in [0.4, 0.5) is 15.8 Å². The van der Waals surface area contributed by atoms with E-state index in [0.29, 0.717) is 22.9 Å². The van der Waals surface area contributed by atoms with Gasteiger partial charge >= 0.3 is 11.8 Å². The molecule has 0 spiro atoms. The van der Waals surface area contributed by atoms with Crippen LogP contribution >= 0.6 is 0 Å². The van der Waals surface area contributed by atoms with E-state index in [1.54, 1.807) is 36.4 Å². The minimum Gasteiger partial charge on any atom is -0.458 e. The Morgan fingerprint density at radius 1 is 1.00 bits per heavy atom. The Bertz CT molecular complexity index is 992. The van der Waals surface area contributed by atoms with E-state index >= 15 is 0 Å². The maximum absolute atomic E-state index is 12.9. The zero-order valence-corrected chi connectivity index (χ0v) is 15.1. The van der Waals surface area contributed by atoms with E-state index in [9.17, 15) is 14.0 Å². The summed E-state index contributed by atoms with van der Waals surface area (Å²) >= 11 is 0. The smallest absolute Gasteiger partial charge is 0.313 e. The second kappa shape index (κ2) is 8.77. The van der Waals surface area contributed by atoms with Gasteiger partial charge in [0.1, 0.15) is 17.3 Å². The molecule has 0 fully saturated rings. The van der Waals surface area contributed by atoms with Gasteiger partial charge in [0.25, 0.3) is 0 Å². The lowest BCUT2D eigenvalue weighted by Gasteiger charge is -2.05. The number of benzene rings is 2. The number of carbonyl (C=O) groups is 2. The van der Waals surface area contributed by atoms with Crippen molar-refractivity contribution in [2.45, 2.75) is 13.5 Å². The van der Waals surface area contributed by atoms with Gasteiger partial charge in [0.15, 0.2) is 0 Å². The Morgan fingerprint density at radius 2 is 1.71 bits per heavy atom. The Hall–Kier alpha value is -3.74. The molecule has 3 aromatic rings. The van der Waals surface area contributed by atoms with Gasteiger partial charge in [-0.2, -0.15) is 0 Å². The molecule has 7 heteroatoms. The van der Waals surface area contributed by atoms with E-state index in [1.807, 2.05) is 19.1 Å². The fourth-order valence-corrected chi connectivity index (χ4v) is 2.30. The number of hydrogen-bond acceptors (Lipinski definition) is 4. The fourth-order valence-electron chi connectivity index (χ4n) is 2.30. The van der Waals surface area contributed by atoms with E-state index < -0.39 is 11.8 Å². The molecule has 1 heterocycles. The van der Waals surface area contributed by atoms with Crippen LogP contribution in [0.1, 0.15) is 17.1 Å². The van der Waals surface area contributed by atoms with Crippen molar-refractivity contribution in [1.29, 1.82) is 0 Å². The van der Waals surface area contributed by atoms with Gasteiger partial charge in [-0.1, -0.05) is 17.7 Å². The van der Waals surface area contributed by atoms with E-state index in [-0.39, 0.29) is 12.4 Å². The van der Waals surface area contributed by atoms with Crippen LogP contribution in [0, 0.1) is 12.7 Å². The highest BCUT2D eigenvalue weighted by Crippen LogP contribution is 2.13. The Labute approximate surface area is 161 Å². The molecule has 6 nitrogen and oxygen atoms in total. The summed E-state index contributed by atoms with van der Waals surface area (Å²) in [5.41, 5.74) is 2.18. The lowest BCUT2D eigenvalue weighted by atomic mass is 10.2. The zero-order valence-electron chi connectivity index (χ0n) is 15.1. The molecule has 0 aliphatic carbocycles. The number of anilines is 1. The normalized spacial score (nSPS) is 10.8. The molecule has 3 rings (SSSR count). The summed E-state index contributed by atoms with van der Waals surface area (Å²) in [5.74, 6) is -0.914. The van der Waals surface area contributed by atoms with Gasteiger partial charge in [-0.3, -0.25) is 14.6 Å². The minimum absolute atomic E-state index is 0.0601. The van der Waals surface area contributed by atoms with Gasteiger partial charge in [0, 0.05) is 5.69 Å². The van der Waals surface area contributed by atoms with Crippen LogP contribution in [-0.2, 0) is 16.1 Å². The Morgan fingerprint density at radius 3 is 2.43 bits per heavy atom. The average molecular weight is 379 g/mol. The van der Waals surface area contributed by atoms with Crippen LogP contribution < -0.4 is 10.6 Å². The topological polar surface area (TPSA) is 83.7 Å². The van der Waals surface area contributed by atoms with Crippen molar-refractivity contribution < 1.29 is 18.4 Å². The van der Waals surface area contributed by atoms with E-state index in [4.69, 9.17) is 4.42 Å². The van der Waals surface area contributed by atoms with Crippen molar-refractivity contribution in [3.63, 3.8) is 0 Å². The number of halogens is 1. The maximum atomic E-state index is 12.9. The summed E-state index contributed by atoms with van der Waals surface area (Å²) in [6.45, 7) is 1.99. The highest BCUT2D eigenvalue weighted by atomic mass is 19.1. The van der Waals surface area contributed by atoms with Crippen LogP contribution in [0.2, 0.25) is 0 Å². The average Bonchev–Trinajstić information content (AvgIpc) is 3.15. The Kier molecular flexibility index (Phi) is 5.96. The van der Waals surface area contributed by atoms with E-state index in [1.165, 1.54) is 18.3 Å². The highest BCUT2D eigenvalue weighted by molar-refractivity contribution is 6.39. The summed E-state index contributed by atoms with van der Waals surface area (Å²) in [4.78, 5) is 28.0. The molecule has 2 N–H and O–H groups in total. The number of nitrogens with one attached hydrogen (secondary N) is 2. The number of aliphatic imine (C=N–C) groups is 1. The Balaban J connectivity index is 1.50. The van der Waals surface area contributed by atoms with Crippen molar-refractivity contribution in [2.75, 3.05) is 5.32 Å². The molecular weight excluding hydrogens is 361 g/mol. The molecule has 0 saturated carbocycles. The third-order valence-electron chi connectivity index (χ3n) is 3.79. The van der Waals surface area contributed by atoms with Gasteiger partial charge in [-0.25, -0.2) is 4.39 Å². The SMILES string of the molecule is Cc1ccc(NC(=O)C(=O)NCc2ccc(C=Nc3ccc(F)cc3)o2)cc1. The molecule has 0 bridgehead atoms. The number of furan rings is 1. The van der Waals surface area contributed by atoms with E-state index in [2.05, 4.69) is 15.6 Å². The summed E-state index contributed by atoms with van der Waals surface area (Å²) in [5, 5.41) is 5.02. The van der Waals surface area contributed by atoms with Gasteiger partial charge < -0.3 is 15.1 Å². The monoisotopic (exact) mass is 379 g/mol. The van der Waals surface area contributed by atoms with Gasteiger partial charge in [0.2, 0.25) is 0 Å². The first-order valence-electron chi connectivity index (χ1n) is 8.54. The molecule has 2 aromatic carbocycles. The molecular formula is C21H18FN3O3. The van der Waals surface area contributed by atoms with Crippen molar-refractivity contribution in [2.24, 2.45) is 4.99 Å². The van der Waals surface area contributed by atoms with Crippen LogP contribution in [0.3, 0.4) is 0 Å². The number of amides is 2. The molecule has 0 aliphatic heterocycles. The van der Waals surface area contributed by atoms with Crippen LogP contribution in [0.15, 0.2) is 70.1 Å². The number of carbonyl (C=O) groups excluding carboxylic acids is 2. The quantitative estimate of drug-likeness (QED) is 0.523. The van der Waals surface area contributed by atoms with Crippen LogP contribution in [-0.4, -0.2) is 18.0 Å². The van der Waals surface area contributed by atoms with Gasteiger partial charge in [0.05, 0.1) is 18.4 Å². The second-order valence-corrected chi connectivity index (χ2v) is 6.04. The minimum atomic E-state index is -0.765. The number of aryl methyl sites for hydroxylation is 1. The standard InChI is InChI=1S/C21H18FN3O3/c1-14-2-6-17(7-3-14)25-21(27)20(26)24-13-19-11-10-18(28-19)12-23-16-8-4-15(22)5-9-16/h2-12H,13H2,1H3,(H,24,26)(H,25,27). The molecule has 0 aliphatic rings. The molecule has 0 radical (unpaired) electrons. The van der Waals surface area contributed by atoms with Gasteiger partial charge in [-0.05, 0) is 55.5 Å². The summed E-state index contributed by atoms with van der Waals surface area (Å²) < 4.78 is 18.4. The first-order valence-corrected chi connectivity index (χ1v) is 8.54. The molecule has 1 aromatic heterocycles. The van der Waals surface area contributed by atoms with Crippen molar-refractivity contribution >= 4 is 29.4 Å². The zero-order chi connectivity index (χ0) is 19.9. The third kappa shape index (κ3) is 5.38. The fraction of sp³-hybridized carbons (Fsp3) is 0.0952. The summed E-state index contributed by atoms with van der Waals surface area (Å²) in [6, 6.07) is 16.2. The number of rotatable bonds is 5. The van der Waals surface area contributed by atoms with Crippen molar-refractivity contribution in [3.05, 3.63) is 83.6 Å². The number of hydrogen-bond donors (Lipinski definition) is 2. The van der Waals surface area contributed by atoms with Crippen LogP contribution in [0.25, 0.3) is 0 Å². The molecule has 142 valence electrons. The summed E-state index contributed by atoms with van der Waals surface area (Å²) in [6.07, 6.45) is 1.49. The number of nitrogens with zero attached hydrogens (tertiary/aromatic N) is 1. The lowest BCUT2D eigenvalue weighted by molar-refractivity contribution is -0.136. The van der Waals surface area contributed by atoms with Crippen molar-refractivity contribution in [1.82, 2.24) is 5.32 Å². The highest BCUT2D eigenvalue weighted by Gasteiger charge is 2.14. The molecule has 0 saturated heterocycles. The molecule has 28 heavy (non-hydrogen) atoms. The first-order chi connectivity index (χ1) is 13.5. The summed E-state index contributed by atoms with van der Waals surface area (Å²) in [7, 11) is 0. The largest absolute Gasteiger partial charge is 0.458 e. The molecule has 2 amide bonds. The van der Waals surface area contributed by atoms with Crippen LogP contribution in [0.5, 0.6) is 0 Å². The predicted octanol–water partition coefficient (Wildman–Crippen LogP) is 3.73. The second-order valence-electron chi connectivity index (χ2n) is 6.04. The third-order valence-corrected chi connectivity index (χ3v) is 3.79. The van der Waals surface area contributed by atoms with Crippen molar-refractivity contribution in [3.8, 4) is 0 Å². The first kappa shape index (κ1) is 19.0. The predicted molar refractivity (Wildman–Crippen MR) is 104 cm³/mol. The van der Waals surface area contributed by atoms with Gasteiger partial charge in [-0.15, -0.1) is 0 Å². The molecule has 0 atom stereocenters. The van der Waals surface area contributed by atoms with E-state index in [0.717, 1.165) is 5.56 Å². The maximum Gasteiger partial charge on any atom is 0.313 e.